The lowest BCUT2D eigenvalue weighted by molar-refractivity contribution is -0.123. The maximum atomic E-state index is 12.6. The SMILES string of the molecule is CC1CN(Cc2ccc(C(=O)OC(C)C(=O)Nc3cccc4ncccc34)cc2)CC(C)O1. The van der Waals surface area contributed by atoms with Crippen molar-refractivity contribution in [1.29, 1.82) is 0 Å². The summed E-state index contributed by atoms with van der Waals surface area (Å²) in [5.41, 5.74) is 2.94. The highest BCUT2D eigenvalue weighted by atomic mass is 16.5. The second-order valence-electron chi connectivity index (χ2n) is 8.56. The Hall–Kier alpha value is -3.29. The third-order valence-electron chi connectivity index (χ3n) is 5.65. The lowest BCUT2D eigenvalue weighted by atomic mass is 10.1. The number of carbonyl (C=O) groups is 2. The first-order chi connectivity index (χ1) is 15.9. The number of esters is 1. The molecule has 0 spiro atoms. The Morgan fingerprint density at radius 2 is 1.82 bits per heavy atom. The first kappa shape index (κ1) is 22.9. The van der Waals surface area contributed by atoms with Crippen LogP contribution in [0.3, 0.4) is 0 Å². The van der Waals surface area contributed by atoms with E-state index in [9.17, 15) is 9.59 Å². The van der Waals surface area contributed by atoms with E-state index in [0.717, 1.165) is 36.1 Å². The summed E-state index contributed by atoms with van der Waals surface area (Å²) in [5.74, 6) is -0.927. The Morgan fingerprint density at radius 1 is 1.09 bits per heavy atom. The summed E-state index contributed by atoms with van der Waals surface area (Å²) in [7, 11) is 0. The van der Waals surface area contributed by atoms with Crippen LogP contribution in [0.4, 0.5) is 5.69 Å². The van der Waals surface area contributed by atoms with Crippen LogP contribution in [0.25, 0.3) is 10.9 Å². The maximum Gasteiger partial charge on any atom is 0.338 e. The third-order valence-corrected chi connectivity index (χ3v) is 5.65. The van der Waals surface area contributed by atoms with Crippen molar-refractivity contribution in [3.05, 3.63) is 71.9 Å². The summed E-state index contributed by atoms with van der Waals surface area (Å²) in [6.45, 7) is 8.28. The van der Waals surface area contributed by atoms with Gasteiger partial charge in [0.2, 0.25) is 0 Å². The van der Waals surface area contributed by atoms with Crippen molar-refractivity contribution in [3.8, 4) is 0 Å². The molecule has 3 aromatic rings. The molecule has 0 aliphatic carbocycles. The molecule has 172 valence electrons. The molecule has 33 heavy (non-hydrogen) atoms. The van der Waals surface area contributed by atoms with Crippen molar-refractivity contribution in [2.75, 3.05) is 18.4 Å². The van der Waals surface area contributed by atoms with Crippen LogP contribution >= 0.6 is 0 Å². The van der Waals surface area contributed by atoms with Crippen molar-refractivity contribution >= 4 is 28.5 Å². The Bertz CT molecular complexity index is 1120. The fourth-order valence-corrected chi connectivity index (χ4v) is 4.15. The molecule has 1 N–H and O–H groups in total. The highest BCUT2D eigenvalue weighted by Crippen LogP contribution is 2.22. The molecule has 3 unspecified atom stereocenters. The van der Waals surface area contributed by atoms with Crippen molar-refractivity contribution in [2.45, 2.75) is 45.6 Å². The zero-order chi connectivity index (χ0) is 23.4. The molecule has 1 aromatic heterocycles. The number of nitrogens with one attached hydrogen (secondary N) is 1. The molecule has 3 atom stereocenters. The third kappa shape index (κ3) is 5.74. The van der Waals surface area contributed by atoms with E-state index >= 15 is 0 Å². The summed E-state index contributed by atoms with van der Waals surface area (Å²) < 4.78 is 11.2. The second-order valence-corrected chi connectivity index (χ2v) is 8.56. The molecule has 0 bridgehead atoms. The van der Waals surface area contributed by atoms with Gasteiger partial charge in [0, 0.05) is 31.2 Å². The number of anilines is 1. The van der Waals surface area contributed by atoms with Crippen LogP contribution in [0.2, 0.25) is 0 Å². The van der Waals surface area contributed by atoms with Gasteiger partial charge in [-0.3, -0.25) is 14.7 Å². The lowest BCUT2D eigenvalue weighted by Gasteiger charge is -2.35. The Balaban J connectivity index is 1.34. The molecule has 2 aromatic carbocycles. The molecule has 0 radical (unpaired) electrons. The van der Waals surface area contributed by atoms with Gasteiger partial charge in [-0.1, -0.05) is 18.2 Å². The number of benzene rings is 2. The fraction of sp³-hybridized carbons (Fsp3) is 0.346. The van der Waals surface area contributed by atoms with Crippen molar-refractivity contribution < 1.29 is 19.1 Å². The number of morpholine rings is 1. The normalized spacial score (nSPS) is 19.7. The molecule has 2 heterocycles. The van der Waals surface area contributed by atoms with E-state index in [0.29, 0.717) is 11.3 Å². The van der Waals surface area contributed by atoms with Crippen molar-refractivity contribution in [3.63, 3.8) is 0 Å². The highest BCUT2D eigenvalue weighted by molar-refractivity contribution is 6.03. The van der Waals surface area contributed by atoms with E-state index in [1.54, 1.807) is 31.3 Å². The van der Waals surface area contributed by atoms with E-state index in [1.165, 1.54) is 0 Å². The number of amides is 1. The first-order valence-electron chi connectivity index (χ1n) is 11.2. The average molecular weight is 448 g/mol. The van der Waals surface area contributed by atoms with Gasteiger partial charge in [0.15, 0.2) is 6.10 Å². The molecule has 1 saturated heterocycles. The van der Waals surface area contributed by atoms with E-state index in [-0.39, 0.29) is 12.2 Å². The number of rotatable bonds is 6. The molecule has 7 heteroatoms. The number of hydrogen-bond donors (Lipinski definition) is 1. The largest absolute Gasteiger partial charge is 0.449 e. The van der Waals surface area contributed by atoms with Crippen LogP contribution in [-0.4, -0.2) is 53.2 Å². The van der Waals surface area contributed by atoms with Crippen LogP contribution in [0.15, 0.2) is 60.8 Å². The van der Waals surface area contributed by atoms with Crippen molar-refractivity contribution in [1.82, 2.24) is 9.88 Å². The Kier molecular flexibility index (Phi) is 7.01. The summed E-state index contributed by atoms with van der Waals surface area (Å²) in [5, 5.41) is 3.66. The smallest absolute Gasteiger partial charge is 0.338 e. The van der Waals surface area contributed by atoms with Gasteiger partial charge >= 0.3 is 5.97 Å². The summed E-state index contributed by atoms with van der Waals surface area (Å²) in [4.78, 5) is 31.8. The Morgan fingerprint density at radius 3 is 2.55 bits per heavy atom. The predicted octanol–water partition coefficient (Wildman–Crippen LogP) is 4.03. The second kappa shape index (κ2) is 10.1. The standard InChI is InChI=1S/C26H29N3O4/c1-17-14-29(15-18(2)32-17)16-20-9-11-21(12-10-20)26(31)33-19(3)25(30)28-24-8-4-7-23-22(24)6-5-13-27-23/h4-13,17-19H,14-16H2,1-3H3,(H,28,30). The first-order valence-corrected chi connectivity index (χ1v) is 11.2. The van der Waals surface area contributed by atoms with Gasteiger partial charge in [-0.15, -0.1) is 0 Å². The number of aromatic nitrogens is 1. The molecular formula is C26H29N3O4. The molecule has 1 aliphatic rings. The van der Waals surface area contributed by atoms with Gasteiger partial charge in [-0.2, -0.15) is 0 Å². The van der Waals surface area contributed by atoms with Gasteiger partial charge in [-0.05, 0) is 62.7 Å². The van der Waals surface area contributed by atoms with Crippen LogP contribution in [0.1, 0.15) is 36.7 Å². The zero-order valence-corrected chi connectivity index (χ0v) is 19.2. The van der Waals surface area contributed by atoms with Crippen LogP contribution < -0.4 is 5.32 Å². The van der Waals surface area contributed by atoms with Gasteiger partial charge < -0.3 is 14.8 Å². The molecule has 1 fully saturated rings. The number of fused-ring (bicyclic) bond motifs is 1. The van der Waals surface area contributed by atoms with E-state index in [2.05, 4.69) is 29.0 Å². The minimum absolute atomic E-state index is 0.209. The molecular weight excluding hydrogens is 418 g/mol. The predicted molar refractivity (Wildman–Crippen MR) is 127 cm³/mol. The number of nitrogens with zero attached hydrogens (tertiary/aromatic N) is 2. The highest BCUT2D eigenvalue weighted by Gasteiger charge is 2.23. The molecule has 7 nitrogen and oxygen atoms in total. The number of pyridine rings is 1. The zero-order valence-electron chi connectivity index (χ0n) is 19.2. The van der Waals surface area contributed by atoms with Crippen LogP contribution in [0, 0.1) is 0 Å². The van der Waals surface area contributed by atoms with Gasteiger partial charge in [0.05, 0.1) is 29.0 Å². The van der Waals surface area contributed by atoms with E-state index in [4.69, 9.17) is 9.47 Å². The van der Waals surface area contributed by atoms with Gasteiger partial charge in [0.25, 0.3) is 5.91 Å². The van der Waals surface area contributed by atoms with E-state index in [1.807, 2.05) is 36.4 Å². The minimum atomic E-state index is -0.944. The number of carbonyl (C=O) groups excluding carboxylic acids is 2. The van der Waals surface area contributed by atoms with Crippen LogP contribution in [0.5, 0.6) is 0 Å². The maximum absolute atomic E-state index is 12.6. The van der Waals surface area contributed by atoms with E-state index < -0.39 is 18.0 Å². The number of ether oxygens (including phenoxy) is 2. The quantitative estimate of drug-likeness (QED) is 0.575. The monoisotopic (exact) mass is 447 g/mol. The van der Waals surface area contributed by atoms with Crippen molar-refractivity contribution in [2.24, 2.45) is 0 Å². The lowest BCUT2D eigenvalue weighted by Crippen LogP contribution is -2.44. The molecule has 1 aliphatic heterocycles. The topological polar surface area (TPSA) is 80.8 Å². The van der Waals surface area contributed by atoms with Gasteiger partial charge in [0.1, 0.15) is 0 Å². The average Bonchev–Trinajstić information content (AvgIpc) is 2.79. The molecule has 0 saturated carbocycles. The summed E-state index contributed by atoms with van der Waals surface area (Å²) in [6, 6.07) is 16.5. The molecule has 4 rings (SSSR count). The van der Waals surface area contributed by atoms with Crippen LogP contribution in [-0.2, 0) is 20.8 Å². The fourth-order valence-electron chi connectivity index (χ4n) is 4.15. The Labute approximate surface area is 193 Å². The number of hydrogen-bond acceptors (Lipinski definition) is 6. The minimum Gasteiger partial charge on any atom is -0.449 e. The summed E-state index contributed by atoms with van der Waals surface area (Å²) >= 11 is 0. The summed E-state index contributed by atoms with van der Waals surface area (Å²) in [6.07, 6.45) is 1.17. The molecule has 1 amide bonds. The van der Waals surface area contributed by atoms with Gasteiger partial charge in [-0.25, -0.2) is 4.79 Å².